The standard InChI is InChI=1S/C16H22N6O3/c1-5-6-17-14(24)15(25)19-12-7-10(4)21-22(12)16-18-11(9(2)3)8-13(23)20-16/h7-9H,5-6H2,1-4H3,(H,17,24)(H,19,25)(H,18,20,23). The summed E-state index contributed by atoms with van der Waals surface area (Å²) in [6.07, 6.45) is 0.725. The summed E-state index contributed by atoms with van der Waals surface area (Å²) in [6, 6.07) is 3.01. The van der Waals surface area contributed by atoms with E-state index < -0.39 is 11.8 Å². The van der Waals surface area contributed by atoms with Crippen LogP contribution >= 0.6 is 0 Å². The molecular weight excluding hydrogens is 324 g/mol. The first kappa shape index (κ1) is 18.4. The summed E-state index contributed by atoms with van der Waals surface area (Å²) in [5.41, 5.74) is 0.881. The van der Waals surface area contributed by atoms with Crippen molar-refractivity contribution in [3.8, 4) is 5.95 Å². The molecule has 2 aromatic heterocycles. The van der Waals surface area contributed by atoms with Crippen LogP contribution in [0.3, 0.4) is 0 Å². The smallest absolute Gasteiger partial charge is 0.314 e. The minimum Gasteiger partial charge on any atom is -0.348 e. The third-order valence-electron chi connectivity index (χ3n) is 3.36. The summed E-state index contributed by atoms with van der Waals surface area (Å²) >= 11 is 0. The molecule has 3 N–H and O–H groups in total. The number of hydrogen-bond acceptors (Lipinski definition) is 5. The number of anilines is 1. The van der Waals surface area contributed by atoms with Gasteiger partial charge in [-0.2, -0.15) is 9.78 Å². The van der Waals surface area contributed by atoms with Gasteiger partial charge in [0.15, 0.2) is 0 Å². The van der Waals surface area contributed by atoms with Crippen molar-refractivity contribution in [1.82, 2.24) is 25.1 Å². The van der Waals surface area contributed by atoms with Crippen molar-refractivity contribution >= 4 is 17.6 Å². The molecule has 2 rings (SSSR count). The van der Waals surface area contributed by atoms with Gasteiger partial charge in [0.05, 0.1) is 11.4 Å². The van der Waals surface area contributed by atoms with E-state index >= 15 is 0 Å². The summed E-state index contributed by atoms with van der Waals surface area (Å²) in [7, 11) is 0. The van der Waals surface area contributed by atoms with Crippen LogP contribution in [0.5, 0.6) is 0 Å². The Kier molecular flexibility index (Phi) is 5.68. The molecule has 0 radical (unpaired) electrons. The van der Waals surface area contributed by atoms with Crippen LogP contribution in [0.4, 0.5) is 5.82 Å². The van der Waals surface area contributed by atoms with E-state index in [-0.39, 0.29) is 23.2 Å². The normalized spacial score (nSPS) is 10.8. The Bertz CT molecular complexity index is 837. The number of carbonyl (C=O) groups excluding carboxylic acids is 2. The minimum atomic E-state index is -0.808. The lowest BCUT2D eigenvalue weighted by Gasteiger charge is -2.10. The zero-order valence-corrected chi connectivity index (χ0v) is 14.7. The van der Waals surface area contributed by atoms with E-state index in [0.29, 0.717) is 17.9 Å². The molecule has 0 saturated heterocycles. The predicted molar refractivity (Wildman–Crippen MR) is 92.7 cm³/mol. The number of H-pyrrole nitrogens is 1. The van der Waals surface area contributed by atoms with Gasteiger partial charge in [-0.15, -0.1) is 0 Å². The Balaban J connectivity index is 2.34. The zero-order chi connectivity index (χ0) is 18.6. The first-order valence-electron chi connectivity index (χ1n) is 8.09. The van der Waals surface area contributed by atoms with Crippen LogP contribution < -0.4 is 16.2 Å². The van der Waals surface area contributed by atoms with E-state index in [4.69, 9.17) is 0 Å². The molecule has 0 aliphatic rings. The van der Waals surface area contributed by atoms with Crippen LogP contribution in [0.2, 0.25) is 0 Å². The summed E-state index contributed by atoms with van der Waals surface area (Å²) in [5.74, 6) is -1.07. The molecule has 9 heteroatoms. The fourth-order valence-corrected chi connectivity index (χ4v) is 2.10. The van der Waals surface area contributed by atoms with Crippen molar-refractivity contribution in [2.24, 2.45) is 0 Å². The van der Waals surface area contributed by atoms with E-state index in [1.165, 1.54) is 10.7 Å². The highest BCUT2D eigenvalue weighted by Crippen LogP contribution is 2.16. The van der Waals surface area contributed by atoms with Crippen molar-refractivity contribution in [1.29, 1.82) is 0 Å². The van der Waals surface area contributed by atoms with Crippen LogP contribution in [-0.4, -0.2) is 38.1 Å². The largest absolute Gasteiger partial charge is 0.348 e. The first-order chi connectivity index (χ1) is 11.8. The fourth-order valence-electron chi connectivity index (χ4n) is 2.10. The summed E-state index contributed by atoms with van der Waals surface area (Å²) in [5, 5.41) is 9.23. The zero-order valence-electron chi connectivity index (χ0n) is 14.7. The van der Waals surface area contributed by atoms with Crippen LogP contribution in [0.25, 0.3) is 5.95 Å². The average molecular weight is 346 g/mol. The maximum Gasteiger partial charge on any atom is 0.314 e. The molecule has 2 heterocycles. The Hall–Kier alpha value is -2.97. The Morgan fingerprint density at radius 3 is 2.64 bits per heavy atom. The molecule has 0 spiro atoms. The number of amides is 2. The third kappa shape index (κ3) is 4.52. The van der Waals surface area contributed by atoms with Crippen LogP contribution in [-0.2, 0) is 9.59 Å². The molecule has 0 aromatic carbocycles. The average Bonchev–Trinajstić information content (AvgIpc) is 2.92. The maximum atomic E-state index is 12.0. The molecular formula is C16H22N6O3. The second-order valence-corrected chi connectivity index (χ2v) is 5.94. The van der Waals surface area contributed by atoms with Crippen molar-refractivity contribution < 1.29 is 9.59 Å². The molecule has 0 aliphatic heterocycles. The molecule has 0 fully saturated rings. The Labute approximate surface area is 144 Å². The molecule has 2 aromatic rings. The lowest BCUT2D eigenvalue weighted by Crippen LogP contribution is -2.36. The number of aromatic nitrogens is 4. The predicted octanol–water partition coefficient (Wildman–Crippen LogP) is 0.852. The SMILES string of the molecule is CCCNC(=O)C(=O)Nc1cc(C)nn1-c1nc(C(C)C)cc(=O)[nH]1. The minimum absolute atomic E-state index is 0.0515. The number of rotatable bonds is 5. The van der Waals surface area contributed by atoms with Gasteiger partial charge in [-0.25, -0.2) is 4.98 Å². The van der Waals surface area contributed by atoms with Gasteiger partial charge in [-0.05, 0) is 19.3 Å². The van der Waals surface area contributed by atoms with Crippen molar-refractivity contribution in [3.05, 3.63) is 33.9 Å². The van der Waals surface area contributed by atoms with E-state index in [1.54, 1.807) is 13.0 Å². The maximum absolute atomic E-state index is 12.0. The van der Waals surface area contributed by atoms with E-state index in [0.717, 1.165) is 6.42 Å². The van der Waals surface area contributed by atoms with Crippen LogP contribution in [0, 0.1) is 6.92 Å². The van der Waals surface area contributed by atoms with Gasteiger partial charge in [0.2, 0.25) is 5.95 Å². The summed E-state index contributed by atoms with van der Waals surface area (Å²) in [4.78, 5) is 42.6. The van der Waals surface area contributed by atoms with Crippen LogP contribution in [0.1, 0.15) is 44.5 Å². The highest BCUT2D eigenvalue weighted by molar-refractivity contribution is 6.39. The Morgan fingerprint density at radius 1 is 1.28 bits per heavy atom. The van der Waals surface area contributed by atoms with Gasteiger partial charge in [-0.3, -0.25) is 19.4 Å². The number of hydrogen-bond donors (Lipinski definition) is 3. The van der Waals surface area contributed by atoms with Crippen molar-refractivity contribution in [2.45, 2.75) is 40.0 Å². The van der Waals surface area contributed by atoms with E-state index in [2.05, 4.69) is 25.7 Å². The van der Waals surface area contributed by atoms with E-state index in [9.17, 15) is 14.4 Å². The highest BCUT2D eigenvalue weighted by atomic mass is 16.2. The molecule has 0 unspecified atom stereocenters. The highest BCUT2D eigenvalue weighted by Gasteiger charge is 2.18. The Morgan fingerprint density at radius 2 is 2.00 bits per heavy atom. The third-order valence-corrected chi connectivity index (χ3v) is 3.36. The van der Waals surface area contributed by atoms with Gasteiger partial charge in [0.1, 0.15) is 5.82 Å². The lowest BCUT2D eigenvalue weighted by atomic mass is 10.1. The van der Waals surface area contributed by atoms with Gasteiger partial charge in [0.25, 0.3) is 5.56 Å². The number of nitrogens with one attached hydrogen (secondary N) is 3. The fraction of sp³-hybridized carbons (Fsp3) is 0.438. The van der Waals surface area contributed by atoms with Gasteiger partial charge in [-0.1, -0.05) is 20.8 Å². The molecule has 0 atom stereocenters. The summed E-state index contributed by atoms with van der Waals surface area (Å²) < 4.78 is 1.30. The molecule has 134 valence electrons. The van der Waals surface area contributed by atoms with Crippen LogP contribution in [0.15, 0.2) is 16.9 Å². The second-order valence-electron chi connectivity index (χ2n) is 5.94. The van der Waals surface area contributed by atoms with Crippen molar-refractivity contribution in [2.75, 3.05) is 11.9 Å². The molecule has 9 nitrogen and oxygen atoms in total. The molecule has 0 saturated carbocycles. The molecule has 2 amide bonds. The molecule has 0 bridgehead atoms. The van der Waals surface area contributed by atoms with Gasteiger partial charge >= 0.3 is 11.8 Å². The number of carbonyl (C=O) groups is 2. The number of aromatic amines is 1. The molecule has 25 heavy (non-hydrogen) atoms. The summed E-state index contributed by atoms with van der Waals surface area (Å²) in [6.45, 7) is 7.87. The second kappa shape index (κ2) is 7.73. The number of nitrogens with zero attached hydrogens (tertiary/aromatic N) is 3. The first-order valence-corrected chi connectivity index (χ1v) is 8.09. The van der Waals surface area contributed by atoms with Gasteiger partial charge in [0, 0.05) is 18.7 Å². The topological polar surface area (TPSA) is 122 Å². The number of aryl methyl sites for hydroxylation is 1. The van der Waals surface area contributed by atoms with Crippen molar-refractivity contribution in [3.63, 3.8) is 0 Å². The van der Waals surface area contributed by atoms with E-state index in [1.807, 2.05) is 20.8 Å². The monoisotopic (exact) mass is 346 g/mol. The lowest BCUT2D eigenvalue weighted by molar-refractivity contribution is -0.136. The van der Waals surface area contributed by atoms with Gasteiger partial charge < -0.3 is 10.6 Å². The molecule has 0 aliphatic carbocycles. The quantitative estimate of drug-likeness (QED) is 0.693.